The van der Waals surface area contributed by atoms with Gasteiger partial charge in [-0.1, -0.05) is 12.1 Å². The molecule has 0 unspecified atom stereocenters. The first-order valence-corrected chi connectivity index (χ1v) is 8.62. The summed E-state index contributed by atoms with van der Waals surface area (Å²) in [6.45, 7) is 6.19. The lowest BCUT2D eigenvalue weighted by molar-refractivity contribution is 0.101. The molecule has 1 fully saturated rings. The van der Waals surface area contributed by atoms with Crippen molar-refractivity contribution in [1.29, 1.82) is 0 Å². The summed E-state index contributed by atoms with van der Waals surface area (Å²) in [6.07, 6.45) is 0. The Kier molecular flexibility index (Phi) is 4.24. The van der Waals surface area contributed by atoms with Crippen LogP contribution >= 0.6 is 0 Å². The number of piperazine rings is 1. The number of hydrogen-bond acceptors (Lipinski definition) is 5. The van der Waals surface area contributed by atoms with Gasteiger partial charge >= 0.3 is 0 Å². The zero-order valence-corrected chi connectivity index (χ0v) is 14.3. The van der Waals surface area contributed by atoms with Gasteiger partial charge in [-0.2, -0.15) is 0 Å². The second-order valence-electron chi connectivity index (χ2n) is 6.44. The van der Waals surface area contributed by atoms with E-state index < -0.39 is 0 Å². The molecule has 2 aromatic carbocycles. The van der Waals surface area contributed by atoms with Crippen LogP contribution in [0.5, 0.6) is 0 Å². The molecular weight excluding hydrogens is 314 g/mol. The highest BCUT2D eigenvalue weighted by Gasteiger charge is 2.19. The van der Waals surface area contributed by atoms with Gasteiger partial charge in [0.15, 0.2) is 11.4 Å². The van der Waals surface area contributed by atoms with E-state index >= 15 is 0 Å². The number of nitrogens with zero attached hydrogens (tertiary/aromatic N) is 3. The fourth-order valence-corrected chi connectivity index (χ4v) is 3.25. The lowest BCUT2D eigenvalue weighted by Gasteiger charge is -2.35. The highest BCUT2D eigenvalue weighted by atomic mass is 16.3. The van der Waals surface area contributed by atoms with Crippen molar-refractivity contribution >= 4 is 22.6 Å². The molecule has 5 heteroatoms. The van der Waals surface area contributed by atoms with Crippen molar-refractivity contribution in [2.45, 2.75) is 13.5 Å². The lowest BCUT2D eigenvalue weighted by Crippen LogP contribution is -2.46. The lowest BCUT2D eigenvalue weighted by atomic mass is 10.1. The summed E-state index contributed by atoms with van der Waals surface area (Å²) in [5, 5.41) is 0. The number of rotatable bonds is 4. The molecular formula is C20H21N3O2. The summed E-state index contributed by atoms with van der Waals surface area (Å²) in [5.41, 5.74) is 3.70. The van der Waals surface area contributed by atoms with E-state index in [2.05, 4.69) is 14.8 Å². The number of benzene rings is 2. The van der Waals surface area contributed by atoms with E-state index in [-0.39, 0.29) is 5.78 Å². The van der Waals surface area contributed by atoms with Gasteiger partial charge in [0, 0.05) is 37.4 Å². The Labute approximate surface area is 146 Å². The second-order valence-corrected chi connectivity index (χ2v) is 6.44. The van der Waals surface area contributed by atoms with E-state index in [1.807, 2.05) is 48.5 Å². The van der Waals surface area contributed by atoms with E-state index in [1.54, 1.807) is 6.92 Å². The molecule has 3 aromatic rings. The smallest absolute Gasteiger partial charge is 0.209 e. The van der Waals surface area contributed by atoms with E-state index in [4.69, 9.17) is 4.42 Å². The first kappa shape index (κ1) is 15.8. The number of carbonyl (C=O) groups is 1. The number of aromatic nitrogens is 1. The minimum Gasteiger partial charge on any atom is -0.439 e. The van der Waals surface area contributed by atoms with Crippen molar-refractivity contribution in [3.8, 4) is 0 Å². The molecule has 0 amide bonds. The van der Waals surface area contributed by atoms with Gasteiger partial charge in [0.05, 0.1) is 6.54 Å². The minimum atomic E-state index is 0.106. The Morgan fingerprint density at radius 3 is 2.44 bits per heavy atom. The maximum atomic E-state index is 11.4. The third kappa shape index (κ3) is 3.42. The minimum absolute atomic E-state index is 0.106. The van der Waals surface area contributed by atoms with Crippen molar-refractivity contribution in [3.05, 3.63) is 60.0 Å². The molecule has 0 atom stereocenters. The standard InChI is InChI=1S/C20H21N3O2/c1-15(24)16-6-8-17(9-7-16)23-12-10-22(11-13-23)14-20-21-18-4-2-3-5-19(18)25-20/h2-9H,10-14H2,1H3. The number of carbonyl (C=O) groups excluding carboxylic acids is 1. The number of oxazole rings is 1. The van der Waals surface area contributed by atoms with Crippen LogP contribution < -0.4 is 4.90 Å². The van der Waals surface area contributed by atoms with Crippen LogP contribution in [-0.4, -0.2) is 41.8 Å². The molecule has 0 bridgehead atoms. The van der Waals surface area contributed by atoms with E-state index in [0.29, 0.717) is 0 Å². The molecule has 0 saturated carbocycles. The number of fused-ring (bicyclic) bond motifs is 1. The molecule has 1 aliphatic rings. The number of ketones is 1. The van der Waals surface area contributed by atoms with Gasteiger partial charge in [-0.05, 0) is 43.3 Å². The molecule has 0 spiro atoms. The molecule has 2 heterocycles. The highest BCUT2D eigenvalue weighted by molar-refractivity contribution is 5.94. The number of Topliss-reactive ketones (excluding diaryl/α,β-unsaturated/α-hetero) is 1. The number of para-hydroxylation sites is 2. The highest BCUT2D eigenvalue weighted by Crippen LogP contribution is 2.20. The van der Waals surface area contributed by atoms with Gasteiger partial charge in [-0.25, -0.2) is 4.98 Å². The molecule has 0 aliphatic carbocycles. The van der Waals surface area contributed by atoms with Crippen molar-refractivity contribution in [3.63, 3.8) is 0 Å². The average Bonchev–Trinajstić information content (AvgIpc) is 3.05. The van der Waals surface area contributed by atoms with Gasteiger partial charge in [0.2, 0.25) is 5.89 Å². The zero-order chi connectivity index (χ0) is 17.2. The third-order valence-electron chi connectivity index (χ3n) is 4.71. The Bertz CT molecular complexity index is 844. The van der Waals surface area contributed by atoms with Crippen molar-refractivity contribution in [1.82, 2.24) is 9.88 Å². The Hall–Kier alpha value is -2.66. The van der Waals surface area contributed by atoms with Crippen LogP contribution in [0, 0.1) is 0 Å². The monoisotopic (exact) mass is 335 g/mol. The van der Waals surface area contributed by atoms with Crippen LogP contribution in [0.3, 0.4) is 0 Å². The quantitative estimate of drug-likeness (QED) is 0.684. The molecule has 25 heavy (non-hydrogen) atoms. The van der Waals surface area contributed by atoms with E-state index in [9.17, 15) is 4.79 Å². The topological polar surface area (TPSA) is 49.6 Å². The summed E-state index contributed by atoms with van der Waals surface area (Å²) >= 11 is 0. The number of hydrogen-bond donors (Lipinski definition) is 0. The first-order valence-electron chi connectivity index (χ1n) is 8.62. The molecule has 5 nitrogen and oxygen atoms in total. The molecule has 128 valence electrons. The van der Waals surface area contributed by atoms with E-state index in [0.717, 1.165) is 55.3 Å². The van der Waals surface area contributed by atoms with Gasteiger partial charge in [-0.3, -0.25) is 9.69 Å². The molecule has 0 N–H and O–H groups in total. The Morgan fingerprint density at radius 2 is 1.76 bits per heavy atom. The normalized spacial score (nSPS) is 15.6. The van der Waals surface area contributed by atoms with Gasteiger partial charge in [-0.15, -0.1) is 0 Å². The summed E-state index contributed by atoms with van der Waals surface area (Å²) < 4.78 is 5.82. The molecule has 1 saturated heterocycles. The van der Waals surface area contributed by atoms with Gasteiger partial charge < -0.3 is 9.32 Å². The van der Waals surface area contributed by atoms with Crippen molar-refractivity contribution < 1.29 is 9.21 Å². The van der Waals surface area contributed by atoms with Crippen LogP contribution in [0.15, 0.2) is 52.9 Å². The second kappa shape index (κ2) is 6.69. The van der Waals surface area contributed by atoms with Crippen LogP contribution in [0.25, 0.3) is 11.1 Å². The summed E-state index contributed by atoms with van der Waals surface area (Å²) in [6, 6.07) is 15.8. The van der Waals surface area contributed by atoms with Crippen molar-refractivity contribution in [2.24, 2.45) is 0 Å². The Morgan fingerprint density at radius 1 is 1.04 bits per heavy atom. The summed E-state index contributed by atoms with van der Waals surface area (Å²) in [4.78, 5) is 20.7. The molecule has 1 aliphatic heterocycles. The fourth-order valence-electron chi connectivity index (χ4n) is 3.25. The predicted octanol–water partition coefficient (Wildman–Crippen LogP) is 3.35. The maximum absolute atomic E-state index is 11.4. The van der Waals surface area contributed by atoms with Crippen LogP contribution in [-0.2, 0) is 6.54 Å². The molecule has 4 rings (SSSR count). The predicted molar refractivity (Wildman–Crippen MR) is 97.9 cm³/mol. The SMILES string of the molecule is CC(=O)c1ccc(N2CCN(Cc3nc4ccccc4o3)CC2)cc1. The van der Waals surface area contributed by atoms with Crippen LogP contribution in [0.1, 0.15) is 23.2 Å². The first-order chi connectivity index (χ1) is 12.2. The van der Waals surface area contributed by atoms with Crippen molar-refractivity contribution in [2.75, 3.05) is 31.1 Å². The fraction of sp³-hybridized carbons (Fsp3) is 0.300. The zero-order valence-electron chi connectivity index (χ0n) is 14.3. The van der Waals surface area contributed by atoms with E-state index in [1.165, 1.54) is 5.69 Å². The third-order valence-corrected chi connectivity index (χ3v) is 4.71. The largest absolute Gasteiger partial charge is 0.439 e. The average molecular weight is 335 g/mol. The Balaban J connectivity index is 1.37. The van der Waals surface area contributed by atoms with Crippen LogP contribution in [0.2, 0.25) is 0 Å². The van der Waals surface area contributed by atoms with Gasteiger partial charge in [0.25, 0.3) is 0 Å². The summed E-state index contributed by atoms with van der Waals surface area (Å²) in [7, 11) is 0. The van der Waals surface area contributed by atoms with Crippen LogP contribution in [0.4, 0.5) is 5.69 Å². The van der Waals surface area contributed by atoms with Gasteiger partial charge in [0.1, 0.15) is 5.52 Å². The molecule has 1 aromatic heterocycles. The molecule has 0 radical (unpaired) electrons. The maximum Gasteiger partial charge on any atom is 0.209 e. The number of anilines is 1. The summed E-state index contributed by atoms with van der Waals surface area (Å²) in [5.74, 6) is 0.884.